The molecule has 1 saturated carbocycles. The van der Waals surface area contributed by atoms with E-state index in [1.54, 1.807) is 0 Å². The van der Waals surface area contributed by atoms with E-state index in [2.05, 4.69) is 9.71 Å². The maximum absolute atomic E-state index is 13.5. The van der Waals surface area contributed by atoms with Crippen molar-refractivity contribution in [2.24, 2.45) is 0 Å². The van der Waals surface area contributed by atoms with E-state index in [1.165, 1.54) is 12.3 Å². The molecule has 106 valence electrons. The molecule has 19 heavy (non-hydrogen) atoms. The second-order valence-electron chi connectivity index (χ2n) is 5.09. The first kappa shape index (κ1) is 14.4. The van der Waals surface area contributed by atoms with Crippen LogP contribution in [0.15, 0.2) is 23.4 Å². The van der Waals surface area contributed by atoms with Crippen molar-refractivity contribution in [3.05, 3.63) is 24.1 Å². The second-order valence-corrected chi connectivity index (χ2v) is 6.77. The van der Waals surface area contributed by atoms with Gasteiger partial charge in [0.25, 0.3) is 10.0 Å². The minimum Gasteiger partial charge on any atom is -0.302 e. The largest absolute Gasteiger partial charge is 0.302 e. The average molecular weight is 287 g/mol. The summed E-state index contributed by atoms with van der Waals surface area (Å²) in [6.07, 6.45) is 4.22. The van der Waals surface area contributed by atoms with Crippen LogP contribution in [0.4, 0.5) is 4.39 Å². The summed E-state index contributed by atoms with van der Waals surface area (Å²) < 4.78 is 40.0. The van der Waals surface area contributed by atoms with Crippen molar-refractivity contribution in [2.75, 3.05) is 20.6 Å². The molecular weight excluding hydrogens is 269 g/mol. The molecule has 1 aromatic rings. The third-order valence-corrected chi connectivity index (χ3v) is 5.14. The summed E-state index contributed by atoms with van der Waals surface area (Å²) >= 11 is 0. The van der Waals surface area contributed by atoms with Gasteiger partial charge in [-0.25, -0.2) is 22.5 Å². The zero-order chi connectivity index (χ0) is 14.1. The van der Waals surface area contributed by atoms with Crippen LogP contribution in [0.3, 0.4) is 0 Å². The van der Waals surface area contributed by atoms with Crippen molar-refractivity contribution < 1.29 is 12.8 Å². The second kappa shape index (κ2) is 5.15. The highest BCUT2D eigenvalue weighted by Gasteiger charge is 2.40. The molecule has 0 radical (unpaired) electrons. The van der Waals surface area contributed by atoms with Gasteiger partial charge >= 0.3 is 0 Å². The van der Waals surface area contributed by atoms with Gasteiger partial charge in [0, 0.05) is 18.3 Å². The number of hydrogen-bond donors (Lipinski definition) is 1. The number of nitrogens with one attached hydrogen (secondary N) is 1. The smallest absolute Gasteiger partial charge is 0.261 e. The van der Waals surface area contributed by atoms with Crippen molar-refractivity contribution in [1.29, 1.82) is 0 Å². The van der Waals surface area contributed by atoms with Crippen LogP contribution < -0.4 is 4.72 Å². The monoisotopic (exact) mass is 287 g/mol. The average Bonchev–Trinajstić information content (AvgIpc) is 2.27. The zero-order valence-electron chi connectivity index (χ0n) is 11.1. The van der Waals surface area contributed by atoms with E-state index in [1.807, 2.05) is 19.0 Å². The van der Waals surface area contributed by atoms with Crippen molar-refractivity contribution in [2.45, 2.75) is 29.8 Å². The first-order chi connectivity index (χ1) is 8.87. The van der Waals surface area contributed by atoms with Gasteiger partial charge in [0.1, 0.15) is 0 Å². The normalized spacial score (nSPS) is 18.3. The summed E-state index contributed by atoms with van der Waals surface area (Å²) in [6.45, 7) is 0.276. The lowest BCUT2D eigenvalue weighted by atomic mass is 9.76. The third kappa shape index (κ3) is 2.77. The van der Waals surface area contributed by atoms with E-state index in [4.69, 9.17) is 0 Å². The number of sulfonamides is 1. The molecule has 2 rings (SSSR count). The molecule has 0 aromatic carbocycles. The molecule has 1 aliphatic carbocycles. The lowest BCUT2D eigenvalue weighted by Crippen LogP contribution is -2.57. The summed E-state index contributed by atoms with van der Waals surface area (Å²) in [5.74, 6) is -0.831. The zero-order valence-corrected chi connectivity index (χ0v) is 11.9. The van der Waals surface area contributed by atoms with E-state index in [-0.39, 0.29) is 12.1 Å². The minimum absolute atomic E-state index is 0.154. The Balaban J connectivity index is 2.13. The van der Waals surface area contributed by atoms with Crippen LogP contribution in [-0.2, 0) is 10.0 Å². The van der Waals surface area contributed by atoms with Gasteiger partial charge in [-0.05, 0) is 45.5 Å². The summed E-state index contributed by atoms with van der Waals surface area (Å²) in [5, 5.41) is -0.539. The summed E-state index contributed by atoms with van der Waals surface area (Å²) in [4.78, 5) is 5.62. The lowest BCUT2D eigenvalue weighted by molar-refractivity contribution is 0.0656. The molecule has 1 aliphatic rings. The van der Waals surface area contributed by atoms with Gasteiger partial charge in [-0.15, -0.1) is 0 Å². The number of nitrogens with zero attached hydrogens (tertiary/aromatic N) is 2. The van der Waals surface area contributed by atoms with E-state index in [9.17, 15) is 12.8 Å². The van der Waals surface area contributed by atoms with Gasteiger partial charge in [-0.3, -0.25) is 0 Å². The Morgan fingerprint density at radius 3 is 2.63 bits per heavy atom. The first-order valence-electron chi connectivity index (χ1n) is 6.15. The molecule has 0 bridgehead atoms. The molecule has 7 heteroatoms. The molecular formula is C12H18FN3O2S. The molecule has 1 aromatic heterocycles. The van der Waals surface area contributed by atoms with E-state index >= 15 is 0 Å². The SMILES string of the molecule is CN(C)C1(CNS(=O)(=O)c2ncccc2F)CCC1. The standard InChI is InChI=1S/C12H18FN3O2S/c1-16(2)12(6-4-7-12)9-15-19(17,18)11-10(13)5-3-8-14-11/h3,5,8,15H,4,6-7,9H2,1-2H3. The van der Waals surface area contributed by atoms with Crippen molar-refractivity contribution in [3.8, 4) is 0 Å². The predicted molar refractivity (Wildman–Crippen MR) is 69.7 cm³/mol. The van der Waals surface area contributed by atoms with E-state index in [0.717, 1.165) is 25.3 Å². The Bertz CT molecular complexity index is 556. The number of halogens is 1. The maximum atomic E-state index is 13.5. The van der Waals surface area contributed by atoms with Crippen LogP contribution in [0, 0.1) is 5.82 Å². The summed E-state index contributed by atoms with van der Waals surface area (Å²) in [5.41, 5.74) is -0.154. The molecule has 0 unspecified atom stereocenters. The summed E-state index contributed by atoms with van der Waals surface area (Å²) in [6, 6.07) is 2.45. The van der Waals surface area contributed by atoms with Crippen molar-refractivity contribution >= 4 is 10.0 Å². The highest BCUT2D eigenvalue weighted by Crippen LogP contribution is 2.35. The molecule has 0 saturated heterocycles. The Morgan fingerprint density at radius 1 is 1.47 bits per heavy atom. The number of hydrogen-bond acceptors (Lipinski definition) is 4. The van der Waals surface area contributed by atoms with E-state index in [0.29, 0.717) is 0 Å². The van der Waals surface area contributed by atoms with Crippen molar-refractivity contribution in [3.63, 3.8) is 0 Å². The number of pyridine rings is 1. The molecule has 5 nitrogen and oxygen atoms in total. The highest BCUT2D eigenvalue weighted by atomic mass is 32.2. The van der Waals surface area contributed by atoms with Crippen LogP contribution in [0.5, 0.6) is 0 Å². The van der Waals surface area contributed by atoms with Crippen LogP contribution in [0.2, 0.25) is 0 Å². The fraction of sp³-hybridized carbons (Fsp3) is 0.583. The molecule has 0 aliphatic heterocycles. The minimum atomic E-state index is -3.90. The van der Waals surface area contributed by atoms with Gasteiger partial charge in [-0.1, -0.05) is 0 Å². The third-order valence-electron chi connectivity index (χ3n) is 3.80. The van der Waals surface area contributed by atoms with Gasteiger partial charge in [0.2, 0.25) is 5.03 Å². The molecule has 1 fully saturated rings. The van der Waals surface area contributed by atoms with Crippen LogP contribution >= 0.6 is 0 Å². The molecule has 1 heterocycles. The van der Waals surface area contributed by atoms with Crippen LogP contribution in [0.1, 0.15) is 19.3 Å². The van der Waals surface area contributed by atoms with E-state index < -0.39 is 20.9 Å². The number of rotatable bonds is 5. The van der Waals surface area contributed by atoms with Gasteiger partial charge in [0.15, 0.2) is 5.82 Å². The Hall–Kier alpha value is -1.05. The quantitative estimate of drug-likeness (QED) is 0.877. The number of aromatic nitrogens is 1. The van der Waals surface area contributed by atoms with Gasteiger partial charge in [-0.2, -0.15) is 0 Å². The molecule has 1 N–H and O–H groups in total. The Labute approximate surface area is 112 Å². The molecule has 0 amide bonds. The van der Waals surface area contributed by atoms with Crippen LogP contribution in [0.25, 0.3) is 0 Å². The first-order valence-corrected chi connectivity index (χ1v) is 7.63. The topological polar surface area (TPSA) is 62.3 Å². The molecule has 0 spiro atoms. The fourth-order valence-corrected chi connectivity index (χ4v) is 3.35. The Morgan fingerprint density at radius 2 is 2.16 bits per heavy atom. The van der Waals surface area contributed by atoms with Crippen LogP contribution in [-0.4, -0.2) is 44.5 Å². The van der Waals surface area contributed by atoms with Crippen molar-refractivity contribution in [1.82, 2.24) is 14.6 Å². The Kier molecular flexibility index (Phi) is 3.89. The summed E-state index contributed by atoms with van der Waals surface area (Å²) in [7, 11) is -0.0458. The predicted octanol–water partition coefficient (Wildman–Crippen LogP) is 0.983. The lowest BCUT2D eigenvalue weighted by Gasteiger charge is -2.47. The fourth-order valence-electron chi connectivity index (χ4n) is 2.23. The molecule has 0 atom stereocenters. The maximum Gasteiger partial charge on any atom is 0.261 e. The van der Waals surface area contributed by atoms with Gasteiger partial charge in [0.05, 0.1) is 0 Å². The highest BCUT2D eigenvalue weighted by molar-refractivity contribution is 7.89. The van der Waals surface area contributed by atoms with Gasteiger partial charge < -0.3 is 4.90 Å². The number of likely N-dealkylation sites (N-methyl/N-ethyl adjacent to an activating group) is 1.